The fourth-order valence-electron chi connectivity index (χ4n) is 3.24. The first-order valence-electron chi connectivity index (χ1n) is 9.74. The van der Waals surface area contributed by atoms with Crippen LogP contribution < -0.4 is 24.5 Å². The topological polar surface area (TPSA) is 72.4 Å². The van der Waals surface area contributed by atoms with Gasteiger partial charge in [0.05, 0.1) is 39.0 Å². The van der Waals surface area contributed by atoms with Crippen LogP contribution in [0.3, 0.4) is 0 Å². The summed E-state index contributed by atoms with van der Waals surface area (Å²) in [5.74, 6) is 2.31. The Morgan fingerprint density at radius 2 is 1.77 bits per heavy atom. The summed E-state index contributed by atoms with van der Waals surface area (Å²) in [6, 6.07) is 11.4. The molecular formula is C22H27N3O4S. The van der Waals surface area contributed by atoms with Crippen molar-refractivity contribution in [3.05, 3.63) is 42.0 Å². The van der Waals surface area contributed by atoms with Crippen molar-refractivity contribution in [2.24, 2.45) is 5.10 Å². The van der Waals surface area contributed by atoms with Crippen LogP contribution in [0.5, 0.6) is 17.2 Å². The van der Waals surface area contributed by atoms with E-state index in [1.807, 2.05) is 36.4 Å². The van der Waals surface area contributed by atoms with Crippen molar-refractivity contribution in [3.63, 3.8) is 0 Å². The largest absolute Gasteiger partial charge is 0.497 e. The maximum atomic E-state index is 12.1. The molecule has 0 atom stereocenters. The van der Waals surface area contributed by atoms with Gasteiger partial charge < -0.3 is 19.1 Å². The van der Waals surface area contributed by atoms with Gasteiger partial charge in [0, 0.05) is 29.6 Å². The Balaban J connectivity index is 1.60. The molecule has 1 aliphatic rings. The van der Waals surface area contributed by atoms with Gasteiger partial charge in [0.25, 0.3) is 0 Å². The molecule has 2 aromatic carbocycles. The van der Waals surface area contributed by atoms with Crippen molar-refractivity contribution >= 4 is 29.6 Å². The minimum atomic E-state index is -0.188. The maximum absolute atomic E-state index is 12.1. The van der Waals surface area contributed by atoms with Crippen LogP contribution in [0.2, 0.25) is 0 Å². The molecular weight excluding hydrogens is 402 g/mol. The molecule has 30 heavy (non-hydrogen) atoms. The van der Waals surface area contributed by atoms with Gasteiger partial charge in [-0.05, 0) is 43.2 Å². The van der Waals surface area contributed by atoms with Crippen molar-refractivity contribution < 1.29 is 19.0 Å². The third-order valence-corrected chi connectivity index (χ3v) is 5.81. The molecule has 1 N–H and O–H groups in total. The molecule has 8 heteroatoms. The van der Waals surface area contributed by atoms with Crippen LogP contribution >= 0.6 is 11.8 Å². The van der Waals surface area contributed by atoms with Gasteiger partial charge >= 0.3 is 0 Å². The zero-order valence-electron chi connectivity index (χ0n) is 17.5. The second kappa shape index (κ2) is 10.8. The minimum Gasteiger partial charge on any atom is -0.497 e. The third-order valence-electron chi connectivity index (χ3n) is 4.80. The molecule has 0 aliphatic carbocycles. The second-order valence-corrected chi connectivity index (χ2v) is 7.77. The Morgan fingerprint density at radius 3 is 2.40 bits per heavy atom. The molecule has 1 saturated heterocycles. The monoisotopic (exact) mass is 429 g/mol. The van der Waals surface area contributed by atoms with Crippen LogP contribution in [0.25, 0.3) is 0 Å². The van der Waals surface area contributed by atoms with Gasteiger partial charge in [-0.1, -0.05) is 0 Å². The van der Waals surface area contributed by atoms with Crippen LogP contribution in [-0.2, 0) is 4.79 Å². The molecule has 0 saturated carbocycles. The fourth-order valence-corrected chi connectivity index (χ4v) is 3.93. The number of amides is 1. The molecule has 0 radical (unpaired) electrons. The van der Waals surface area contributed by atoms with E-state index in [1.54, 1.807) is 27.5 Å². The number of hydrogen-bond donors (Lipinski definition) is 1. The summed E-state index contributed by atoms with van der Waals surface area (Å²) < 4.78 is 16.2. The molecule has 1 fully saturated rings. The van der Waals surface area contributed by atoms with Crippen molar-refractivity contribution in [2.45, 2.75) is 17.7 Å². The van der Waals surface area contributed by atoms with E-state index in [0.717, 1.165) is 40.7 Å². The Morgan fingerprint density at radius 1 is 1.07 bits per heavy atom. The Labute approximate surface area is 181 Å². The van der Waals surface area contributed by atoms with Crippen LogP contribution in [0.15, 0.2) is 46.4 Å². The Kier molecular flexibility index (Phi) is 7.84. The van der Waals surface area contributed by atoms with Crippen LogP contribution in [0.4, 0.5) is 5.69 Å². The number of methoxy groups -OCH3 is 3. The first-order chi connectivity index (χ1) is 14.6. The zero-order chi connectivity index (χ0) is 21.3. The summed E-state index contributed by atoms with van der Waals surface area (Å²) in [6.45, 7) is 2.02. The molecule has 1 amide bonds. The summed E-state index contributed by atoms with van der Waals surface area (Å²) in [5.41, 5.74) is 4.31. The molecule has 0 aromatic heterocycles. The number of hydrogen-bond acceptors (Lipinski definition) is 7. The third kappa shape index (κ3) is 5.60. The average molecular weight is 430 g/mol. The van der Waals surface area contributed by atoms with Gasteiger partial charge in [-0.3, -0.25) is 4.79 Å². The van der Waals surface area contributed by atoms with E-state index in [0.29, 0.717) is 5.75 Å². The highest BCUT2D eigenvalue weighted by molar-refractivity contribution is 8.00. The number of rotatable bonds is 9. The summed E-state index contributed by atoms with van der Waals surface area (Å²) in [6.07, 6.45) is 3.93. The molecule has 160 valence electrons. The van der Waals surface area contributed by atoms with E-state index in [9.17, 15) is 4.79 Å². The van der Waals surface area contributed by atoms with Crippen LogP contribution in [0.1, 0.15) is 18.4 Å². The predicted molar refractivity (Wildman–Crippen MR) is 120 cm³/mol. The maximum Gasteiger partial charge on any atom is 0.250 e. The molecule has 0 bridgehead atoms. The normalized spacial score (nSPS) is 13.5. The summed E-state index contributed by atoms with van der Waals surface area (Å²) >= 11 is 1.43. The lowest BCUT2D eigenvalue weighted by Gasteiger charge is -2.22. The van der Waals surface area contributed by atoms with E-state index in [2.05, 4.69) is 15.4 Å². The molecule has 1 aliphatic heterocycles. The molecule has 0 spiro atoms. The van der Waals surface area contributed by atoms with Crippen LogP contribution in [0, 0.1) is 0 Å². The Bertz CT molecular complexity index is 881. The summed E-state index contributed by atoms with van der Waals surface area (Å²) in [7, 11) is 4.90. The lowest BCUT2D eigenvalue weighted by Crippen LogP contribution is -2.20. The van der Waals surface area contributed by atoms with Crippen molar-refractivity contribution in [2.75, 3.05) is 45.1 Å². The van der Waals surface area contributed by atoms with Gasteiger partial charge in [-0.25, -0.2) is 5.43 Å². The van der Waals surface area contributed by atoms with Crippen LogP contribution in [-0.4, -0.2) is 52.3 Å². The van der Waals surface area contributed by atoms with Gasteiger partial charge in [0.1, 0.15) is 17.2 Å². The minimum absolute atomic E-state index is 0.188. The number of thioether (sulfide) groups is 1. The number of nitrogens with zero attached hydrogens (tertiary/aromatic N) is 2. The van der Waals surface area contributed by atoms with Gasteiger partial charge in [0.15, 0.2) is 0 Å². The summed E-state index contributed by atoms with van der Waals surface area (Å²) in [4.78, 5) is 15.4. The van der Waals surface area contributed by atoms with Crippen molar-refractivity contribution in [1.29, 1.82) is 0 Å². The van der Waals surface area contributed by atoms with Gasteiger partial charge in [-0.2, -0.15) is 5.10 Å². The van der Waals surface area contributed by atoms with E-state index < -0.39 is 0 Å². The number of hydrazone groups is 1. The SMILES string of the molecule is COc1ccc(SCC(=O)N/N=C/c2cc(OC)c(N3CCCC3)cc2OC)cc1. The molecule has 0 unspecified atom stereocenters. The van der Waals surface area contributed by atoms with E-state index in [-0.39, 0.29) is 11.7 Å². The lowest BCUT2D eigenvalue weighted by atomic mass is 10.1. The average Bonchev–Trinajstić information content (AvgIpc) is 3.32. The lowest BCUT2D eigenvalue weighted by molar-refractivity contribution is -0.118. The highest BCUT2D eigenvalue weighted by Gasteiger charge is 2.19. The number of ether oxygens (including phenoxy) is 3. The number of benzene rings is 2. The van der Waals surface area contributed by atoms with Crippen molar-refractivity contribution in [3.8, 4) is 17.2 Å². The van der Waals surface area contributed by atoms with Gasteiger partial charge in [-0.15, -0.1) is 11.8 Å². The standard InChI is InChI=1S/C22H27N3O4S/c1-27-17-6-8-18(9-7-17)30-15-22(26)24-23-14-16-12-21(29-3)19(13-20(16)28-2)25-10-4-5-11-25/h6-9,12-14H,4-5,10-11,15H2,1-3H3,(H,24,26)/b23-14+. The van der Waals surface area contributed by atoms with E-state index in [4.69, 9.17) is 14.2 Å². The van der Waals surface area contributed by atoms with Crippen molar-refractivity contribution in [1.82, 2.24) is 5.43 Å². The zero-order valence-corrected chi connectivity index (χ0v) is 18.3. The predicted octanol–water partition coefficient (Wildman–Crippen LogP) is 3.56. The number of nitrogens with one attached hydrogen (secondary N) is 1. The highest BCUT2D eigenvalue weighted by Crippen LogP contribution is 2.36. The second-order valence-electron chi connectivity index (χ2n) is 6.72. The smallest absolute Gasteiger partial charge is 0.250 e. The first kappa shape index (κ1) is 21.8. The number of carbonyl (C=O) groups excluding carboxylic acids is 1. The fraction of sp³-hybridized carbons (Fsp3) is 0.364. The van der Waals surface area contributed by atoms with Gasteiger partial charge in [0.2, 0.25) is 5.91 Å². The number of carbonyl (C=O) groups is 1. The Hall–Kier alpha value is -2.87. The first-order valence-corrected chi connectivity index (χ1v) is 10.7. The highest BCUT2D eigenvalue weighted by atomic mass is 32.2. The molecule has 7 nitrogen and oxygen atoms in total. The number of anilines is 1. The van der Waals surface area contributed by atoms with E-state index in [1.165, 1.54) is 24.6 Å². The summed E-state index contributed by atoms with van der Waals surface area (Å²) in [5, 5.41) is 4.09. The van der Waals surface area contributed by atoms with E-state index >= 15 is 0 Å². The molecule has 3 rings (SSSR count). The quantitative estimate of drug-likeness (QED) is 0.373. The molecule has 2 aromatic rings. The molecule has 1 heterocycles.